The lowest BCUT2D eigenvalue weighted by Gasteiger charge is -2.18. The van der Waals surface area contributed by atoms with E-state index in [0.717, 1.165) is 57.8 Å². The lowest BCUT2D eigenvalue weighted by Crippen LogP contribution is -2.30. The van der Waals surface area contributed by atoms with Gasteiger partial charge in [-0.05, 0) is 44.9 Å². The van der Waals surface area contributed by atoms with Crippen LogP contribution in [0.1, 0.15) is 400 Å². The molecule has 6 nitrogen and oxygen atoms in total. The molecule has 0 heterocycles. The predicted octanol–water partition coefficient (Wildman–Crippen LogP) is 23.6. The molecular formula is C70H134O6. The van der Waals surface area contributed by atoms with Crippen molar-refractivity contribution in [3.8, 4) is 0 Å². The Labute approximate surface area is 475 Å². The first-order valence-corrected chi connectivity index (χ1v) is 34.7. The van der Waals surface area contributed by atoms with Crippen LogP contribution in [0.15, 0.2) is 12.2 Å². The molecule has 0 bridgehead atoms. The molecular weight excluding hydrogens is 937 g/mol. The van der Waals surface area contributed by atoms with Crippen molar-refractivity contribution in [2.75, 3.05) is 13.2 Å². The van der Waals surface area contributed by atoms with E-state index in [0.29, 0.717) is 19.3 Å². The van der Waals surface area contributed by atoms with Crippen molar-refractivity contribution in [3.05, 3.63) is 12.2 Å². The van der Waals surface area contributed by atoms with Crippen LogP contribution < -0.4 is 0 Å². The van der Waals surface area contributed by atoms with Gasteiger partial charge in [0.2, 0.25) is 0 Å². The molecule has 0 saturated heterocycles. The third-order valence-corrected chi connectivity index (χ3v) is 16.0. The van der Waals surface area contributed by atoms with Gasteiger partial charge in [-0.1, -0.05) is 348 Å². The second kappa shape index (κ2) is 65.7. The van der Waals surface area contributed by atoms with Gasteiger partial charge in [0.1, 0.15) is 13.2 Å². The second-order valence-electron chi connectivity index (χ2n) is 23.8. The highest BCUT2D eigenvalue weighted by Crippen LogP contribution is 2.19. The zero-order valence-electron chi connectivity index (χ0n) is 51.8. The number of unbranched alkanes of at least 4 members (excludes halogenated alkanes) is 52. The summed E-state index contributed by atoms with van der Waals surface area (Å²) in [5, 5.41) is 0. The van der Waals surface area contributed by atoms with Crippen LogP contribution in [0.5, 0.6) is 0 Å². The summed E-state index contributed by atoms with van der Waals surface area (Å²) in [5.74, 6) is -0.833. The van der Waals surface area contributed by atoms with Crippen molar-refractivity contribution in [3.63, 3.8) is 0 Å². The standard InChI is InChI=1S/C70H134O6/c1-4-7-10-13-16-19-21-23-25-27-29-31-33-34-35-36-37-39-40-42-44-46-48-51-54-57-60-63-69(72)75-66-67(65-74-68(71)62-59-56-53-50-18-15-12-9-6-3)76-70(73)64-61-58-55-52-49-47-45-43-41-38-32-30-28-26-24-22-20-17-14-11-8-5-2/h27,29,67H,4-26,28,30-66H2,1-3H3/b29-27-. The van der Waals surface area contributed by atoms with Crippen LogP contribution in [-0.2, 0) is 28.6 Å². The van der Waals surface area contributed by atoms with Gasteiger partial charge < -0.3 is 14.2 Å². The number of carbonyl (C=O) groups excluding carboxylic acids is 3. The van der Waals surface area contributed by atoms with Crippen molar-refractivity contribution in [1.29, 1.82) is 0 Å². The molecule has 0 rings (SSSR count). The molecule has 6 heteroatoms. The van der Waals surface area contributed by atoms with E-state index in [4.69, 9.17) is 14.2 Å². The average molecular weight is 1070 g/mol. The number of allylic oxidation sites excluding steroid dienone is 2. The van der Waals surface area contributed by atoms with Crippen molar-refractivity contribution >= 4 is 17.9 Å². The molecule has 0 aliphatic carbocycles. The Balaban J connectivity index is 4.09. The fourth-order valence-electron chi connectivity index (χ4n) is 10.8. The van der Waals surface area contributed by atoms with Gasteiger partial charge in [0.25, 0.3) is 0 Å². The molecule has 1 unspecified atom stereocenters. The zero-order chi connectivity index (χ0) is 55.0. The summed E-state index contributed by atoms with van der Waals surface area (Å²) in [6.45, 7) is 6.70. The Bertz CT molecular complexity index is 1180. The van der Waals surface area contributed by atoms with Crippen LogP contribution in [0.3, 0.4) is 0 Å². The lowest BCUT2D eigenvalue weighted by atomic mass is 10.0. The molecule has 0 aromatic carbocycles. The Kier molecular flexibility index (Phi) is 64.1. The van der Waals surface area contributed by atoms with E-state index in [1.54, 1.807) is 0 Å². The summed E-state index contributed by atoms with van der Waals surface area (Å²) in [7, 11) is 0. The van der Waals surface area contributed by atoms with E-state index >= 15 is 0 Å². The second-order valence-corrected chi connectivity index (χ2v) is 23.8. The first-order valence-electron chi connectivity index (χ1n) is 34.7. The molecule has 0 N–H and O–H groups in total. The quantitative estimate of drug-likeness (QED) is 0.0261. The van der Waals surface area contributed by atoms with E-state index in [1.165, 1.54) is 302 Å². The van der Waals surface area contributed by atoms with Gasteiger partial charge in [-0.3, -0.25) is 14.4 Å². The summed E-state index contributed by atoms with van der Waals surface area (Å²) in [6, 6.07) is 0. The summed E-state index contributed by atoms with van der Waals surface area (Å²) >= 11 is 0. The third-order valence-electron chi connectivity index (χ3n) is 16.0. The van der Waals surface area contributed by atoms with Crippen molar-refractivity contribution < 1.29 is 28.6 Å². The number of hydrogen-bond acceptors (Lipinski definition) is 6. The number of carbonyl (C=O) groups is 3. The minimum atomic E-state index is -0.764. The maximum atomic E-state index is 12.9. The Hall–Kier alpha value is -1.85. The van der Waals surface area contributed by atoms with E-state index in [1.807, 2.05) is 0 Å². The van der Waals surface area contributed by atoms with E-state index in [-0.39, 0.29) is 31.1 Å². The van der Waals surface area contributed by atoms with Gasteiger partial charge in [0.05, 0.1) is 0 Å². The lowest BCUT2D eigenvalue weighted by molar-refractivity contribution is -0.167. The Morgan fingerprint density at radius 2 is 0.434 bits per heavy atom. The van der Waals surface area contributed by atoms with Crippen LogP contribution in [0.2, 0.25) is 0 Å². The molecule has 0 amide bonds. The van der Waals surface area contributed by atoms with Crippen LogP contribution in [0.25, 0.3) is 0 Å². The fraction of sp³-hybridized carbons (Fsp3) is 0.929. The van der Waals surface area contributed by atoms with Crippen LogP contribution in [-0.4, -0.2) is 37.2 Å². The normalized spacial score (nSPS) is 12.0. The van der Waals surface area contributed by atoms with Gasteiger partial charge in [-0.15, -0.1) is 0 Å². The van der Waals surface area contributed by atoms with Crippen molar-refractivity contribution in [2.24, 2.45) is 0 Å². The molecule has 1 atom stereocenters. The average Bonchev–Trinajstić information content (AvgIpc) is 3.42. The van der Waals surface area contributed by atoms with Gasteiger partial charge in [0, 0.05) is 19.3 Å². The molecule has 76 heavy (non-hydrogen) atoms. The molecule has 0 aliphatic rings. The van der Waals surface area contributed by atoms with Crippen LogP contribution in [0, 0.1) is 0 Å². The number of hydrogen-bond donors (Lipinski definition) is 0. The molecule has 0 radical (unpaired) electrons. The number of rotatable bonds is 65. The zero-order valence-corrected chi connectivity index (χ0v) is 51.8. The SMILES string of the molecule is CCCCCCCCCC/C=C\CCCCCCCCCCCCCCCCCC(=O)OCC(COC(=O)CCCCCCCCCCC)OC(=O)CCCCCCCCCCCCCCCCCCCCCCCC. The first-order chi connectivity index (χ1) is 37.5. The molecule has 0 aliphatic heterocycles. The maximum absolute atomic E-state index is 12.9. The summed E-state index contributed by atoms with van der Waals surface area (Å²) in [6.07, 6.45) is 78.3. The van der Waals surface area contributed by atoms with E-state index < -0.39 is 6.10 Å². The topological polar surface area (TPSA) is 78.9 Å². The van der Waals surface area contributed by atoms with Gasteiger partial charge in [-0.2, -0.15) is 0 Å². The highest BCUT2D eigenvalue weighted by molar-refractivity contribution is 5.71. The summed E-state index contributed by atoms with van der Waals surface area (Å²) < 4.78 is 16.9. The first kappa shape index (κ1) is 74.2. The molecule has 0 aromatic rings. The molecule has 0 fully saturated rings. The summed E-state index contributed by atoms with van der Waals surface area (Å²) in [5.41, 5.74) is 0. The fourth-order valence-corrected chi connectivity index (χ4v) is 10.8. The predicted molar refractivity (Wildman–Crippen MR) is 330 cm³/mol. The smallest absolute Gasteiger partial charge is 0.306 e. The minimum Gasteiger partial charge on any atom is -0.462 e. The van der Waals surface area contributed by atoms with Crippen molar-refractivity contribution in [1.82, 2.24) is 0 Å². The van der Waals surface area contributed by atoms with Crippen LogP contribution >= 0.6 is 0 Å². The Morgan fingerprint density at radius 1 is 0.250 bits per heavy atom. The third kappa shape index (κ3) is 63.0. The molecule has 0 aromatic heterocycles. The van der Waals surface area contributed by atoms with Crippen molar-refractivity contribution in [2.45, 2.75) is 406 Å². The Morgan fingerprint density at radius 3 is 0.658 bits per heavy atom. The van der Waals surface area contributed by atoms with E-state index in [2.05, 4.69) is 32.9 Å². The largest absolute Gasteiger partial charge is 0.462 e. The highest BCUT2D eigenvalue weighted by atomic mass is 16.6. The molecule has 0 spiro atoms. The summed E-state index contributed by atoms with van der Waals surface area (Å²) in [4.78, 5) is 38.2. The van der Waals surface area contributed by atoms with Crippen LogP contribution in [0.4, 0.5) is 0 Å². The molecule has 0 saturated carbocycles. The number of ether oxygens (including phenoxy) is 3. The highest BCUT2D eigenvalue weighted by Gasteiger charge is 2.19. The monoisotopic (exact) mass is 1070 g/mol. The van der Waals surface area contributed by atoms with Gasteiger partial charge >= 0.3 is 17.9 Å². The maximum Gasteiger partial charge on any atom is 0.306 e. The molecule has 450 valence electrons. The van der Waals surface area contributed by atoms with Gasteiger partial charge in [-0.25, -0.2) is 0 Å². The minimum absolute atomic E-state index is 0.0629. The van der Waals surface area contributed by atoms with Gasteiger partial charge in [0.15, 0.2) is 6.10 Å². The van der Waals surface area contributed by atoms with E-state index in [9.17, 15) is 14.4 Å². The number of esters is 3.